The molecule has 0 aromatic carbocycles. The van der Waals surface area contributed by atoms with E-state index in [2.05, 4.69) is 0 Å². The molecule has 0 bridgehead atoms. The zero-order valence-electron chi connectivity index (χ0n) is 18.5. The Morgan fingerprint density at radius 2 is 1.00 bits per heavy atom. The van der Waals surface area contributed by atoms with E-state index in [0.717, 1.165) is 23.7 Å². The smallest absolute Gasteiger partial charge is 0.227 e. The van der Waals surface area contributed by atoms with Gasteiger partial charge in [-0.05, 0) is 25.7 Å². The molecule has 0 atom stereocenters. The lowest BCUT2D eigenvalue weighted by Gasteiger charge is -2.17. The molecule has 0 heterocycles. The number of ketones is 4. The fourth-order valence-corrected chi connectivity index (χ4v) is 5.41. The lowest BCUT2D eigenvalue weighted by atomic mass is 9.96. The minimum Gasteiger partial charge on any atom is -0.493 e. The van der Waals surface area contributed by atoms with Crippen LogP contribution in [0.2, 0.25) is 0 Å². The number of ether oxygens (including phenoxy) is 4. The van der Waals surface area contributed by atoms with Crippen LogP contribution in [-0.2, 0) is 38.1 Å². The molecule has 0 fully saturated rings. The summed E-state index contributed by atoms with van der Waals surface area (Å²) in [4.78, 5) is 48.9. The van der Waals surface area contributed by atoms with Crippen LogP contribution in [0.1, 0.15) is 25.7 Å². The quantitative estimate of drug-likeness (QED) is 0.221. The normalized spacial score (nSPS) is 16.9. The molecule has 0 aromatic rings. The molecule has 174 valence electrons. The van der Waals surface area contributed by atoms with Crippen molar-refractivity contribution < 1.29 is 38.1 Å². The zero-order chi connectivity index (χ0) is 23.7. The number of carbonyl (C=O) groups excluding carboxylic acids is 4. The lowest BCUT2D eigenvalue weighted by Crippen LogP contribution is -2.21. The number of hydrogen-bond donors (Lipinski definition) is 0. The fraction of sp³-hybridized carbons (Fsp3) is 0.455. The minimum absolute atomic E-state index is 0.0276. The van der Waals surface area contributed by atoms with Crippen molar-refractivity contribution in [3.63, 3.8) is 0 Å². The third-order valence-electron chi connectivity index (χ3n) is 4.76. The van der Waals surface area contributed by atoms with Gasteiger partial charge in [0.2, 0.25) is 23.1 Å². The van der Waals surface area contributed by atoms with Gasteiger partial charge in [-0.2, -0.15) is 0 Å². The van der Waals surface area contributed by atoms with Crippen molar-refractivity contribution in [1.29, 1.82) is 0 Å². The molecule has 0 saturated carbocycles. The van der Waals surface area contributed by atoms with Crippen molar-refractivity contribution in [2.75, 3.05) is 39.9 Å². The average molecular weight is 483 g/mol. The van der Waals surface area contributed by atoms with Gasteiger partial charge in [-0.1, -0.05) is 21.6 Å². The molecule has 10 heteroatoms. The van der Waals surface area contributed by atoms with E-state index in [1.54, 1.807) is 21.6 Å². The maximum absolute atomic E-state index is 12.4. The first kappa shape index (κ1) is 25.8. The van der Waals surface area contributed by atoms with Gasteiger partial charge in [-0.3, -0.25) is 19.2 Å². The second-order valence-corrected chi connectivity index (χ2v) is 9.39. The van der Waals surface area contributed by atoms with Crippen LogP contribution >= 0.6 is 21.6 Å². The molecule has 0 spiro atoms. The topological polar surface area (TPSA) is 105 Å². The maximum Gasteiger partial charge on any atom is 0.227 e. The van der Waals surface area contributed by atoms with Crippen LogP contribution in [0.5, 0.6) is 0 Å². The molecule has 0 aliphatic heterocycles. The first-order valence-corrected chi connectivity index (χ1v) is 12.4. The van der Waals surface area contributed by atoms with Crippen LogP contribution in [0.25, 0.3) is 0 Å². The molecular formula is C22H26O8S2. The van der Waals surface area contributed by atoms with Gasteiger partial charge in [-0.25, -0.2) is 0 Å². The van der Waals surface area contributed by atoms with Crippen LogP contribution in [0.4, 0.5) is 0 Å². The van der Waals surface area contributed by atoms with Crippen LogP contribution in [-0.4, -0.2) is 63.1 Å². The predicted molar refractivity (Wildman–Crippen MR) is 122 cm³/mol. The highest BCUT2D eigenvalue weighted by Crippen LogP contribution is 2.30. The average Bonchev–Trinajstić information content (AvgIpc) is 2.79. The summed E-state index contributed by atoms with van der Waals surface area (Å²) >= 11 is 0. The van der Waals surface area contributed by atoms with Crippen molar-refractivity contribution in [3.05, 3.63) is 46.3 Å². The van der Waals surface area contributed by atoms with E-state index in [4.69, 9.17) is 18.9 Å². The van der Waals surface area contributed by atoms with Gasteiger partial charge in [0.05, 0.1) is 28.4 Å². The summed E-state index contributed by atoms with van der Waals surface area (Å²) in [6.45, 7) is 0. The summed E-state index contributed by atoms with van der Waals surface area (Å²) in [7, 11) is 8.72. The monoisotopic (exact) mass is 482 g/mol. The maximum atomic E-state index is 12.4. The van der Waals surface area contributed by atoms with Gasteiger partial charge >= 0.3 is 0 Å². The summed E-state index contributed by atoms with van der Waals surface area (Å²) in [5.74, 6) is 0.358. The Hall–Kier alpha value is -2.46. The Morgan fingerprint density at radius 1 is 0.625 bits per heavy atom. The van der Waals surface area contributed by atoms with Crippen molar-refractivity contribution in [1.82, 2.24) is 0 Å². The van der Waals surface area contributed by atoms with Crippen molar-refractivity contribution in [2.45, 2.75) is 25.7 Å². The zero-order valence-corrected chi connectivity index (χ0v) is 20.1. The van der Waals surface area contributed by atoms with Gasteiger partial charge in [0.15, 0.2) is 23.0 Å². The first-order valence-electron chi connectivity index (χ1n) is 9.87. The molecule has 2 aliphatic carbocycles. The Morgan fingerprint density at radius 3 is 1.31 bits per heavy atom. The Bertz CT molecular complexity index is 837. The summed E-state index contributed by atoms with van der Waals surface area (Å²) in [6, 6.07) is 0. The molecule has 32 heavy (non-hydrogen) atoms. The van der Waals surface area contributed by atoms with E-state index in [0.29, 0.717) is 36.8 Å². The van der Waals surface area contributed by atoms with E-state index < -0.39 is 0 Å². The van der Waals surface area contributed by atoms with E-state index in [9.17, 15) is 19.2 Å². The van der Waals surface area contributed by atoms with Gasteiger partial charge in [-0.15, -0.1) is 0 Å². The third-order valence-corrected chi connectivity index (χ3v) is 7.33. The van der Waals surface area contributed by atoms with Gasteiger partial charge < -0.3 is 18.9 Å². The van der Waals surface area contributed by atoms with Gasteiger partial charge in [0.1, 0.15) is 0 Å². The van der Waals surface area contributed by atoms with Gasteiger partial charge in [0.25, 0.3) is 0 Å². The number of hydrogen-bond acceptors (Lipinski definition) is 10. The molecule has 0 saturated heterocycles. The molecule has 0 N–H and O–H groups in total. The Kier molecular flexibility index (Phi) is 10.1. The summed E-state index contributed by atoms with van der Waals surface area (Å²) in [5, 5.41) is 0. The highest BCUT2D eigenvalue weighted by molar-refractivity contribution is 8.76. The van der Waals surface area contributed by atoms with Crippen LogP contribution < -0.4 is 0 Å². The van der Waals surface area contributed by atoms with Crippen molar-refractivity contribution in [2.24, 2.45) is 0 Å². The summed E-state index contributed by atoms with van der Waals surface area (Å²) < 4.78 is 20.2. The summed E-state index contributed by atoms with van der Waals surface area (Å²) in [6.07, 6.45) is 4.49. The number of methoxy groups -OCH3 is 4. The van der Waals surface area contributed by atoms with E-state index in [-0.39, 0.29) is 46.2 Å². The summed E-state index contributed by atoms with van der Waals surface area (Å²) in [5.41, 5.74) is 0.674. The first-order chi connectivity index (χ1) is 15.4. The largest absolute Gasteiger partial charge is 0.493 e. The second kappa shape index (κ2) is 12.5. The number of Topliss-reactive ketones (excluding diaryl/α,β-unsaturated/α-hetero) is 2. The molecule has 0 amide bonds. The second-order valence-electron chi connectivity index (χ2n) is 6.69. The molecule has 8 nitrogen and oxygen atoms in total. The van der Waals surface area contributed by atoms with Crippen LogP contribution in [0, 0.1) is 0 Å². The van der Waals surface area contributed by atoms with Crippen LogP contribution in [0.3, 0.4) is 0 Å². The molecule has 0 radical (unpaired) electrons. The molecule has 0 aromatic heterocycles. The fourth-order valence-electron chi connectivity index (χ4n) is 3.24. The highest BCUT2D eigenvalue weighted by atomic mass is 33.1. The highest BCUT2D eigenvalue weighted by Gasteiger charge is 2.31. The van der Waals surface area contributed by atoms with Crippen LogP contribution in [0.15, 0.2) is 46.3 Å². The molecule has 0 unspecified atom stereocenters. The number of rotatable bonds is 13. The lowest BCUT2D eigenvalue weighted by molar-refractivity contribution is -0.120. The molecule has 2 rings (SSSR count). The standard InChI is InChI=1S/C22H26O8S2/c1-27-17-11-15(23)21(29-3)13(19(17)25)7-5-9-31-32-10-6-8-14-20(26)18(28-2)12-16(24)22(14)30-4/h11-12H,5-10H2,1-4H3. The Labute approximate surface area is 194 Å². The molecule has 2 aliphatic rings. The van der Waals surface area contributed by atoms with E-state index >= 15 is 0 Å². The minimum atomic E-state index is -0.368. The third kappa shape index (κ3) is 6.07. The van der Waals surface area contributed by atoms with E-state index in [1.165, 1.54) is 28.4 Å². The molecular weight excluding hydrogens is 456 g/mol. The Balaban J connectivity index is 1.76. The van der Waals surface area contributed by atoms with Crippen molar-refractivity contribution in [3.8, 4) is 0 Å². The van der Waals surface area contributed by atoms with Crippen molar-refractivity contribution >= 4 is 44.7 Å². The number of carbonyl (C=O) groups is 4. The SMILES string of the molecule is COC1=CC(=O)C(OC)=C(CCCSSCCCC2=C(OC)C(=O)C=C(OC)C2=O)C1=O. The predicted octanol–water partition coefficient (Wildman–Crippen LogP) is 3.09. The van der Waals surface area contributed by atoms with E-state index in [1.807, 2.05) is 0 Å². The number of allylic oxidation sites excluding steroid dienone is 4. The van der Waals surface area contributed by atoms with Gasteiger partial charge in [0, 0.05) is 34.8 Å².